The summed E-state index contributed by atoms with van der Waals surface area (Å²) in [4.78, 5) is 15.8. The Bertz CT molecular complexity index is 747. The van der Waals surface area contributed by atoms with Gasteiger partial charge >= 0.3 is 0 Å². The van der Waals surface area contributed by atoms with Gasteiger partial charge in [0.1, 0.15) is 0 Å². The maximum Gasteiger partial charge on any atom is 0.237 e. The number of amides is 1. The third-order valence-corrected chi connectivity index (χ3v) is 5.23. The number of benzene rings is 1. The molecule has 1 aromatic carbocycles. The van der Waals surface area contributed by atoms with Gasteiger partial charge in [-0.05, 0) is 41.6 Å². The van der Waals surface area contributed by atoms with E-state index in [4.69, 9.17) is 14.2 Å². The van der Waals surface area contributed by atoms with E-state index in [0.29, 0.717) is 32.8 Å². The third-order valence-electron chi connectivity index (χ3n) is 4.22. The molecule has 7 heteroatoms. The van der Waals surface area contributed by atoms with Crippen LogP contribution in [0.15, 0.2) is 29.6 Å². The number of ether oxygens (including phenoxy) is 3. The molecule has 6 nitrogen and oxygen atoms in total. The number of nitrogens with one attached hydrogen (secondary N) is 1. The van der Waals surface area contributed by atoms with Crippen LogP contribution in [0.4, 0.5) is 0 Å². The summed E-state index contributed by atoms with van der Waals surface area (Å²) in [6, 6.07) is 7.91. The highest BCUT2D eigenvalue weighted by atomic mass is 32.1. The lowest BCUT2D eigenvalue weighted by Crippen LogP contribution is -2.38. The minimum Gasteiger partial charge on any atom is -0.454 e. The Hall–Kier alpha value is -2.09. The maximum absolute atomic E-state index is 12.8. The number of hydrogen-bond donors (Lipinski definition) is 1. The second kappa shape index (κ2) is 9.02. The average Bonchev–Trinajstić information content (AvgIpc) is 3.26. The lowest BCUT2D eigenvalue weighted by Gasteiger charge is -2.23. The standard InChI is InChI=1S/C19H24N2O4S/c1-14-5-8-26-18(14)12-21(19(22)10-20-6-7-23-2)11-15-3-4-16-17(9-15)25-13-24-16/h3-5,8-9,20H,6-7,10-13H2,1-2H3. The van der Waals surface area contributed by atoms with Crippen LogP contribution in [0.25, 0.3) is 0 Å². The van der Waals surface area contributed by atoms with Gasteiger partial charge in [0.05, 0.1) is 19.7 Å². The summed E-state index contributed by atoms with van der Waals surface area (Å²) < 4.78 is 15.8. The molecule has 0 saturated heterocycles. The van der Waals surface area contributed by atoms with Crippen LogP contribution in [0.3, 0.4) is 0 Å². The number of thiophene rings is 1. The molecule has 2 heterocycles. The van der Waals surface area contributed by atoms with E-state index < -0.39 is 0 Å². The topological polar surface area (TPSA) is 60.0 Å². The predicted octanol–water partition coefficient (Wildman–Crippen LogP) is 2.55. The van der Waals surface area contributed by atoms with Crippen molar-refractivity contribution in [1.82, 2.24) is 10.2 Å². The molecule has 0 spiro atoms. The molecule has 0 saturated carbocycles. The summed E-state index contributed by atoms with van der Waals surface area (Å²) in [5, 5.41) is 5.19. The van der Waals surface area contributed by atoms with Crippen LogP contribution in [0.5, 0.6) is 11.5 Å². The van der Waals surface area contributed by atoms with Crippen LogP contribution >= 0.6 is 11.3 Å². The fourth-order valence-electron chi connectivity index (χ4n) is 2.71. The van der Waals surface area contributed by atoms with Crippen molar-refractivity contribution in [2.24, 2.45) is 0 Å². The fourth-order valence-corrected chi connectivity index (χ4v) is 3.63. The summed E-state index contributed by atoms with van der Waals surface area (Å²) in [6.45, 7) is 4.97. The van der Waals surface area contributed by atoms with Crippen LogP contribution in [-0.4, -0.2) is 44.4 Å². The molecular formula is C19H24N2O4S. The molecule has 0 bridgehead atoms. The van der Waals surface area contributed by atoms with E-state index in [0.717, 1.165) is 17.1 Å². The number of rotatable bonds is 9. The zero-order valence-corrected chi connectivity index (χ0v) is 15.9. The molecule has 26 heavy (non-hydrogen) atoms. The first-order chi connectivity index (χ1) is 12.7. The first kappa shape index (κ1) is 18.7. The fraction of sp³-hybridized carbons (Fsp3) is 0.421. The first-order valence-corrected chi connectivity index (χ1v) is 9.44. The molecule has 1 N–H and O–H groups in total. The van der Waals surface area contributed by atoms with Crippen LogP contribution in [0.1, 0.15) is 16.0 Å². The molecule has 0 atom stereocenters. The molecule has 0 unspecified atom stereocenters. The summed E-state index contributed by atoms with van der Waals surface area (Å²) in [5.41, 5.74) is 2.24. The molecule has 0 radical (unpaired) electrons. The van der Waals surface area contributed by atoms with Gasteiger partial charge in [-0.25, -0.2) is 0 Å². The minimum atomic E-state index is 0.0616. The smallest absolute Gasteiger partial charge is 0.237 e. The summed E-state index contributed by atoms with van der Waals surface area (Å²) >= 11 is 1.68. The SMILES string of the molecule is COCCNCC(=O)N(Cc1ccc2c(c1)OCO2)Cc1sccc1C. The van der Waals surface area contributed by atoms with Crippen molar-refractivity contribution in [3.63, 3.8) is 0 Å². The van der Waals surface area contributed by atoms with Gasteiger partial charge in [0.25, 0.3) is 0 Å². The molecule has 3 rings (SSSR count). The molecule has 1 aliphatic rings. The molecule has 0 aliphatic carbocycles. The number of hydrogen-bond acceptors (Lipinski definition) is 6. The highest BCUT2D eigenvalue weighted by molar-refractivity contribution is 7.10. The normalized spacial score (nSPS) is 12.4. The van der Waals surface area contributed by atoms with E-state index in [1.807, 2.05) is 23.1 Å². The molecule has 1 aliphatic heterocycles. The highest BCUT2D eigenvalue weighted by Gasteiger charge is 2.18. The first-order valence-electron chi connectivity index (χ1n) is 8.56. The quantitative estimate of drug-likeness (QED) is 0.682. The Morgan fingerprint density at radius 3 is 2.88 bits per heavy atom. The van der Waals surface area contributed by atoms with Gasteiger partial charge in [0, 0.05) is 25.1 Å². The van der Waals surface area contributed by atoms with Gasteiger partial charge in [-0.15, -0.1) is 11.3 Å². The number of carbonyl (C=O) groups excluding carboxylic acids is 1. The number of nitrogens with zero attached hydrogens (tertiary/aromatic N) is 1. The zero-order valence-electron chi connectivity index (χ0n) is 15.1. The van der Waals surface area contributed by atoms with Crippen molar-refractivity contribution < 1.29 is 19.0 Å². The van der Waals surface area contributed by atoms with Gasteiger partial charge in [-0.3, -0.25) is 4.79 Å². The van der Waals surface area contributed by atoms with Crippen molar-refractivity contribution in [2.45, 2.75) is 20.0 Å². The van der Waals surface area contributed by atoms with Crippen LogP contribution in [-0.2, 0) is 22.6 Å². The maximum atomic E-state index is 12.8. The summed E-state index contributed by atoms with van der Waals surface area (Å²) in [7, 11) is 1.65. The minimum absolute atomic E-state index is 0.0616. The Labute approximate surface area is 157 Å². The van der Waals surface area contributed by atoms with E-state index in [1.165, 1.54) is 10.4 Å². The number of aryl methyl sites for hydroxylation is 1. The average molecular weight is 376 g/mol. The number of fused-ring (bicyclic) bond motifs is 1. The van der Waals surface area contributed by atoms with E-state index in [-0.39, 0.29) is 12.7 Å². The van der Waals surface area contributed by atoms with E-state index in [9.17, 15) is 4.79 Å². The second-order valence-corrected chi connectivity index (χ2v) is 7.13. The second-order valence-electron chi connectivity index (χ2n) is 6.13. The van der Waals surface area contributed by atoms with Crippen molar-refractivity contribution >= 4 is 17.2 Å². The predicted molar refractivity (Wildman–Crippen MR) is 101 cm³/mol. The van der Waals surface area contributed by atoms with Crippen LogP contribution < -0.4 is 14.8 Å². The van der Waals surface area contributed by atoms with Gasteiger partial charge < -0.3 is 24.4 Å². The monoisotopic (exact) mass is 376 g/mol. The van der Waals surface area contributed by atoms with E-state index in [2.05, 4.69) is 23.7 Å². The summed E-state index contributed by atoms with van der Waals surface area (Å²) in [6.07, 6.45) is 0. The van der Waals surface area contributed by atoms with Gasteiger partial charge in [-0.2, -0.15) is 0 Å². The van der Waals surface area contributed by atoms with Crippen molar-refractivity contribution in [2.75, 3.05) is 33.6 Å². The lowest BCUT2D eigenvalue weighted by atomic mass is 10.1. The van der Waals surface area contributed by atoms with Crippen molar-refractivity contribution in [1.29, 1.82) is 0 Å². The largest absolute Gasteiger partial charge is 0.454 e. The molecule has 2 aromatic rings. The highest BCUT2D eigenvalue weighted by Crippen LogP contribution is 2.33. The molecular weight excluding hydrogens is 352 g/mol. The Morgan fingerprint density at radius 1 is 1.27 bits per heavy atom. The molecule has 1 aromatic heterocycles. The number of methoxy groups -OCH3 is 1. The van der Waals surface area contributed by atoms with Gasteiger partial charge in [0.2, 0.25) is 12.7 Å². The Balaban J connectivity index is 1.69. The Morgan fingerprint density at radius 2 is 2.12 bits per heavy atom. The van der Waals surface area contributed by atoms with Crippen LogP contribution in [0.2, 0.25) is 0 Å². The third kappa shape index (κ3) is 4.75. The van der Waals surface area contributed by atoms with Gasteiger partial charge in [0.15, 0.2) is 11.5 Å². The molecule has 140 valence electrons. The van der Waals surface area contributed by atoms with Gasteiger partial charge in [-0.1, -0.05) is 6.07 Å². The zero-order chi connectivity index (χ0) is 18.4. The van der Waals surface area contributed by atoms with Crippen LogP contribution in [0, 0.1) is 6.92 Å². The summed E-state index contributed by atoms with van der Waals surface area (Å²) in [5.74, 6) is 1.55. The Kier molecular flexibility index (Phi) is 6.49. The van der Waals surface area contributed by atoms with E-state index >= 15 is 0 Å². The lowest BCUT2D eigenvalue weighted by molar-refractivity contribution is -0.131. The number of carbonyl (C=O) groups is 1. The van der Waals surface area contributed by atoms with E-state index in [1.54, 1.807) is 18.4 Å². The van der Waals surface area contributed by atoms with Crippen molar-refractivity contribution in [3.05, 3.63) is 45.6 Å². The molecule has 1 amide bonds. The van der Waals surface area contributed by atoms with Crippen molar-refractivity contribution in [3.8, 4) is 11.5 Å². The molecule has 0 fully saturated rings.